The fourth-order valence-corrected chi connectivity index (χ4v) is 1.67. The first-order valence-corrected chi connectivity index (χ1v) is 5.38. The van der Waals surface area contributed by atoms with E-state index in [1.54, 1.807) is 5.57 Å². The van der Waals surface area contributed by atoms with E-state index in [1.807, 2.05) is 13.8 Å². The highest BCUT2D eigenvalue weighted by Crippen LogP contribution is 2.33. The Labute approximate surface area is 83.7 Å². The number of allylic oxidation sites excluding steroid dienone is 4. The summed E-state index contributed by atoms with van der Waals surface area (Å²) in [6, 6.07) is 0. The quantitative estimate of drug-likeness (QED) is 0.506. The van der Waals surface area contributed by atoms with Crippen molar-refractivity contribution in [1.29, 1.82) is 0 Å². The molecule has 0 nitrogen and oxygen atoms in total. The molecule has 1 aliphatic rings. The summed E-state index contributed by atoms with van der Waals surface area (Å²) < 4.78 is 0. The van der Waals surface area contributed by atoms with Crippen molar-refractivity contribution in [3.63, 3.8) is 0 Å². The summed E-state index contributed by atoms with van der Waals surface area (Å²) in [7, 11) is 0. The van der Waals surface area contributed by atoms with Crippen LogP contribution in [0.2, 0.25) is 0 Å². The van der Waals surface area contributed by atoms with Gasteiger partial charge in [-0.15, -0.1) is 0 Å². The first-order chi connectivity index (χ1) is 6.02. The lowest BCUT2D eigenvalue weighted by Gasteiger charge is -2.25. The predicted octanol–water partition coefficient (Wildman–Crippen LogP) is 4.73. The van der Waals surface area contributed by atoms with Crippen molar-refractivity contribution in [3.05, 3.63) is 23.3 Å². The third kappa shape index (κ3) is 3.80. The lowest BCUT2D eigenvalue weighted by molar-refractivity contribution is 0.506. The minimum Gasteiger partial charge on any atom is -0.0839 e. The van der Waals surface area contributed by atoms with Gasteiger partial charge in [-0.25, -0.2) is 0 Å². The Balaban J connectivity index is 0.000000671. The molecule has 76 valence electrons. The van der Waals surface area contributed by atoms with Crippen molar-refractivity contribution in [2.75, 3.05) is 0 Å². The average molecular weight is 180 g/mol. The highest BCUT2D eigenvalue weighted by molar-refractivity contribution is 5.32. The van der Waals surface area contributed by atoms with Crippen LogP contribution in [0.4, 0.5) is 0 Å². The van der Waals surface area contributed by atoms with Gasteiger partial charge in [0.15, 0.2) is 0 Å². The maximum Gasteiger partial charge on any atom is -0.0133 e. The molecule has 13 heavy (non-hydrogen) atoms. The van der Waals surface area contributed by atoms with Crippen molar-refractivity contribution in [3.8, 4) is 0 Å². The summed E-state index contributed by atoms with van der Waals surface area (Å²) in [5.41, 5.74) is 3.44. The van der Waals surface area contributed by atoms with Gasteiger partial charge in [0.1, 0.15) is 0 Å². The van der Waals surface area contributed by atoms with Crippen LogP contribution in [-0.2, 0) is 0 Å². The second kappa shape index (κ2) is 5.26. The Kier molecular flexibility index (Phi) is 5.05. The molecule has 0 saturated carbocycles. The topological polar surface area (TPSA) is 0 Å². The molecule has 0 N–H and O–H groups in total. The Morgan fingerprint density at radius 1 is 1.15 bits per heavy atom. The maximum absolute atomic E-state index is 2.29. The van der Waals surface area contributed by atoms with E-state index in [2.05, 4.69) is 39.8 Å². The van der Waals surface area contributed by atoms with E-state index in [1.165, 1.54) is 18.4 Å². The van der Waals surface area contributed by atoms with Crippen molar-refractivity contribution >= 4 is 0 Å². The predicted molar refractivity (Wildman–Crippen MR) is 61.9 cm³/mol. The molecule has 0 atom stereocenters. The van der Waals surface area contributed by atoms with Gasteiger partial charge in [0, 0.05) is 0 Å². The summed E-state index contributed by atoms with van der Waals surface area (Å²) in [4.78, 5) is 0. The summed E-state index contributed by atoms with van der Waals surface area (Å²) in [5, 5.41) is 0. The van der Waals surface area contributed by atoms with Crippen LogP contribution in [0.1, 0.15) is 54.4 Å². The minimum absolute atomic E-state index is 0.334. The first kappa shape index (κ1) is 12.5. The van der Waals surface area contributed by atoms with E-state index in [4.69, 9.17) is 0 Å². The van der Waals surface area contributed by atoms with Crippen LogP contribution in [0.25, 0.3) is 0 Å². The molecule has 0 heterocycles. The average Bonchev–Trinajstić information content (AvgIpc) is 2.07. The van der Waals surface area contributed by atoms with Gasteiger partial charge in [-0.2, -0.15) is 0 Å². The van der Waals surface area contributed by atoms with Gasteiger partial charge >= 0.3 is 0 Å². The molecule has 0 fully saturated rings. The second-order valence-corrected chi connectivity index (χ2v) is 4.39. The van der Waals surface area contributed by atoms with Crippen LogP contribution >= 0.6 is 0 Å². The standard InChI is InChI=1S/C11H18.C2H6/c1-9-7-5-6-8-10(9)11(2,3)4;1-2/h6,8H,5,7H2,1-4H3;1-2H3. The van der Waals surface area contributed by atoms with Gasteiger partial charge in [-0.3, -0.25) is 0 Å². The number of rotatable bonds is 0. The Hall–Kier alpha value is -0.520. The third-order valence-corrected chi connectivity index (χ3v) is 2.24. The molecular formula is C13H24. The molecule has 0 unspecified atom stereocenters. The molecule has 0 aliphatic heterocycles. The molecule has 0 aromatic carbocycles. The maximum atomic E-state index is 2.29. The van der Waals surface area contributed by atoms with Gasteiger partial charge in [0.25, 0.3) is 0 Å². The van der Waals surface area contributed by atoms with Crippen LogP contribution < -0.4 is 0 Å². The zero-order valence-electron chi connectivity index (χ0n) is 10.1. The zero-order chi connectivity index (χ0) is 10.5. The van der Waals surface area contributed by atoms with Gasteiger partial charge in [-0.1, -0.05) is 52.3 Å². The van der Waals surface area contributed by atoms with E-state index >= 15 is 0 Å². The molecule has 0 aromatic rings. The van der Waals surface area contributed by atoms with E-state index in [-0.39, 0.29) is 0 Å². The largest absolute Gasteiger partial charge is 0.0839 e. The Morgan fingerprint density at radius 2 is 1.69 bits per heavy atom. The summed E-state index contributed by atoms with van der Waals surface area (Å²) in [5.74, 6) is 0. The first-order valence-electron chi connectivity index (χ1n) is 5.38. The fraction of sp³-hybridized carbons (Fsp3) is 0.692. The van der Waals surface area contributed by atoms with E-state index in [0.29, 0.717) is 5.41 Å². The van der Waals surface area contributed by atoms with Gasteiger partial charge in [-0.05, 0) is 30.8 Å². The highest BCUT2D eigenvalue weighted by atomic mass is 14.2. The molecule has 0 aromatic heterocycles. The minimum atomic E-state index is 0.334. The molecule has 1 aliphatic carbocycles. The van der Waals surface area contributed by atoms with E-state index in [9.17, 15) is 0 Å². The van der Waals surface area contributed by atoms with E-state index < -0.39 is 0 Å². The molecule has 0 saturated heterocycles. The smallest absolute Gasteiger partial charge is 0.0133 e. The normalized spacial score (nSPS) is 16.8. The van der Waals surface area contributed by atoms with Crippen LogP contribution in [0.5, 0.6) is 0 Å². The number of hydrogen-bond donors (Lipinski definition) is 0. The van der Waals surface area contributed by atoms with Gasteiger partial charge in [0.05, 0.1) is 0 Å². The van der Waals surface area contributed by atoms with Gasteiger partial charge < -0.3 is 0 Å². The Morgan fingerprint density at radius 3 is 2.00 bits per heavy atom. The van der Waals surface area contributed by atoms with Crippen LogP contribution in [0.15, 0.2) is 23.3 Å². The zero-order valence-corrected chi connectivity index (χ0v) is 10.1. The van der Waals surface area contributed by atoms with Gasteiger partial charge in [0.2, 0.25) is 0 Å². The Bertz CT molecular complexity index is 199. The molecular weight excluding hydrogens is 156 g/mol. The summed E-state index contributed by atoms with van der Waals surface area (Å²) in [6.07, 6.45) is 7.06. The van der Waals surface area contributed by atoms with Crippen LogP contribution in [0, 0.1) is 5.41 Å². The lowest BCUT2D eigenvalue weighted by Crippen LogP contribution is -2.11. The monoisotopic (exact) mass is 180 g/mol. The molecule has 0 radical (unpaired) electrons. The van der Waals surface area contributed by atoms with Crippen molar-refractivity contribution in [2.24, 2.45) is 5.41 Å². The number of hydrogen-bond acceptors (Lipinski definition) is 0. The third-order valence-electron chi connectivity index (χ3n) is 2.24. The van der Waals surface area contributed by atoms with Crippen LogP contribution in [-0.4, -0.2) is 0 Å². The van der Waals surface area contributed by atoms with E-state index in [0.717, 1.165) is 0 Å². The van der Waals surface area contributed by atoms with Crippen LogP contribution in [0.3, 0.4) is 0 Å². The molecule has 1 rings (SSSR count). The summed E-state index contributed by atoms with van der Waals surface area (Å²) in [6.45, 7) is 13.1. The van der Waals surface area contributed by atoms with Crippen molar-refractivity contribution in [1.82, 2.24) is 0 Å². The molecule has 0 spiro atoms. The second-order valence-electron chi connectivity index (χ2n) is 4.39. The molecule has 0 amide bonds. The molecule has 0 heteroatoms. The lowest BCUT2D eigenvalue weighted by atomic mass is 9.80. The summed E-state index contributed by atoms with van der Waals surface area (Å²) >= 11 is 0. The SMILES string of the molecule is CC.CC1=C(C(C)(C)C)C=CCC1. The molecule has 0 bridgehead atoms. The van der Waals surface area contributed by atoms with Crippen molar-refractivity contribution in [2.45, 2.75) is 54.4 Å². The fourth-order valence-electron chi connectivity index (χ4n) is 1.67. The highest BCUT2D eigenvalue weighted by Gasteiger charge is 2.18. The van der Waals surface area contributed by atoms with Crippen molar-refractivity contribution < 1.29 is 0 Å².